The van der Waals surface area contributed by atoms with E-state index in [0.29, 0.717) is 30.5 Å². The number of para-hydroxylation sites is 1. The zero-order valence-corrected chi connectivity index (χ0v) is 42.5. The summed E-state index contributed by atoms with van der Waals surface area (Å²) in [4.78, 5) is 126. The van der Waals surface area contributed by atoms with Gasteiger partial charge in [0.2, 0.25) is 47.3 Å². The van der Waals surface area contributed by atoms with E-state index < -0.39 is 83.5 Å². The van der Waals surface area contributed by atoms with Crippen molar-refractivity contribution < 1.29 is 38.4 Å². The smallest absolute Gasteiger partial charge is 0.243 e. The first-order chi connectivity index (χ1) is 36.2. The average Bonchev–Trinajstić information content (AvgIpc) is 4.07. The molecule has 6 rings (SSSR count). The van der Waals surface area contributed by atoms with E-state index in [-0.39, 0.29) is 77.0 Å². The van der Waals surface area contributed by atoms with Gasteiger partial charge in [-0.05, 0) is 72.9 Å². The number of imidazole rings is 1. The lowest BCUT2D eigenvalue weighted by Crippen LogP contribution is -2.60. The molecule has 1 saturated heterocycles. The number of rotatable bonds is 17. The summed E-state index contributed by atoms with van der Waals surface area (Å²) >= 11 is 0. The summed E-state index contributed by atoms with van der Waals surface area (Å²) in [6, 6.07) is 13.5. The third kappa shape index (κ3) is 17.4. The molecular formula is C53H70N14O8. The maximum Gasteiger partial charge on any atom is 0.243 e. The van der Waals surface area contributed by atoms with Crippen molar-refractivity contribution in [2.75, 3.05) is 19.6 Å². The van der Waals surface area contributed by atoms with Gasteiger partial charge in [-0.1, -0.05) is 80.4 Å². The number of aryl methyl sites for hydroxylation is 1. The number of nitrogens with zero attached hydrogens (tertiary/aromatic N) is 2. The van der Waals surface area contributed by atoms with Crippen molar-refractivity contribution in [3.63, 3.8) is 0 Å². The van der Waals surface area contributed by atoms with Crippen molar-refractivity contribution in [1.82, 2.24) is 57.5 Å². The van der Waals surface area contributed by atoms with Gasteiger partial charge in [0.1, 0.15) is 36.3 Å². The minimum Gasteiger partial charge on any atom is -0.370 e. The third-order valence-corrected chi connectivity index (χ3v) is 12.9. The summed E-state index contributed by atoms with van der Waals surface area (Å²) in [6.45, 7) is 3.57. The minimum absolute atomic E-state index is 0.0222. The van der Waals surface area contributed by atoms with E-state index in [2.05, 4.69) is 62.5 Å². The molecule has 14 N–H and O–H groups in total. The molecule has 1 aliphatic heterocycles. The fourth-order valence-corrected chi connectivity index (χ4v) is 8.88. The van der Waals surface area contributed by atoms with Crippen LogP contribution < -0.4 is 54.0 Å². The largest absolute Gasteiger partial charge is 0.370 e. The molecule has 0 spiro atoms. The first kappa shape index (κ1) is 56.0. The van der Waals surface area contributed by atoms with E-state index >= 15 is 0 Å². The molecule has 3 heterocycles. The molecule has 0 bridgehead atoms. The van der Waals surface area contributed by atoms with E-state index in [4.69, 9.17) is 11.5 Å². The van der Waals surface area contributed by atoms with Crippen LogP contribution in [0, 0.1) is 0 Å². The Kier molecular flexibility index (Phi) is 21.1. The van der Waals surface area contributed by atoms with Crippen molar-refractivity contribution in [2.45, 2.75) is 127 Å². The topological polar surface area (TPSA) is 342 Å². The lowest BCUT2D eigenvalue weighted by molar-refractivity contribution is -0.135. The fourth-order valence-electron chi connectivity index (χ4n) is 8.88. The summed E-state index contributed by atoms with van der Waals surface area (Å²) in [5.41, 5.74) is 14.2. The van der Waals surface area contributed by atoms with Crippen LogP contribution in [0.2, 0.25) is 0 Å². The van der Waals surface area contributed by atoms with E-state index in [1.54, 1.807) is 0 Å². The maximum atomic E-state index is 14.9. The first-order valence-corrected chi connectivity index (χ1v) is 25.6. The highest BCUT2D eigenvalue weighted by atomic mass is 16.2. The van der Waals surface area contributed by atoms with E-state index in [9.17, 15) is 38.4 Å². The number of unbranched alkanes of at least 4 members (excludes halogenated alkanes) is 1. The highest BCUT2D eigenvalue weighted by Crippen LogP contribution is 2.21. The molecule has 0 unspecified atom stereocenters. The number of benzene rings is 3. The number of fused-ring (bicyclic) bond motifs is 2. The van der Waals surface area contributed by atoms with Crippen LogP contribution in [-0.4, -0.2) is 124 Å². The van der Waals surface area contributed by atoms with Crippen molar-refractivity contribution in [3.8, 4) is 0 Å². The molecule has 8 amide bonds. The number of aromatic amines is 2. The molecule has 2 aromatic heterocycles. The van der Waals surface area contributed by atoms with Gasteiger partial charge < -0.3 is 64.0 Å². The standard InChI is InChI=1S/C53H70N14O8/c1-3-4-14-40(62-32(2)68)48(71)65-43-21-22-46(69)57-24-10-25-58-47(70)42(20-19-36-29-60-39-15-8-7-13-38(36)39)64-49(72)41(16-9-23-59-53(54)55)63-51(74)44(27-33-17-18-34-11-5-6-12-35(34)26-33)66-52(75)45(67-50(43)73)28-37-30-56-31-61-37/h5-8,11-13,15,17-18,26,29-31,40-45,60H,3-4,9-10,14,16,19-25,27-28H2,1-2H3,(H,56,61)(H,57,69)(H,58,70)(H,62,68)(H,63,74)(H,64,72)(H,65,71)(H,66,75)(H,67,73)(H4,54,55,59)/t40-,41-,42+,43-,44+,45-/m0/s1. The third-order valence-electron chi connectivity index (χ3n) is 12.9. The number of hydrogen-bond acceptors (Lipinski definition) is 10. The summed E-state index contributed by atoms with van der Waals surface area (Å²) in [6.07, 6.45) is 6.79. The van der Waals surface area contributed by atoms with E-state index in [1.807, 2.05) is 79.9 Å². The number of aromatic nitrogens is 3. The van der Waals surface area contributed by atoms with Crippen LogP contribution in [0.15, 0.2) is 90.4 Å². The number of H-pyrrole nitrogens is 2. The molecular weight excluding hydrogens is 961 g/mol. The highest BCUT2D eigenvalue weighted by molar-refractivity contribution is 5.98. The van der Waals surface area contributed by atoms with Crippen molar-refractivity contribution in [3.05, 3.63) is 102 Å². The van der Waals surface area contributed by atoms with E-state index in [0.717, 1.165) is 33.7 Å². The first-order valence-electron chi connectivity index (χ1n) is 25.6. The summed E-state index contributed by atoms with van der Waals surface area (Å²) in [5, 5.41) is 25.1. The monoisotopic (exact) mass is 1030 g/mol. The van der Waals surface area contributed by atoms with Crippen LogP contribution in [0.1, 0.15) is 88.5 Å². The van der Waals surface area contributed by atoms with Crippen molar-refractivity contribution in [1.29, 1.82) is 0 Å². The van der Waals surface area contributed by atoms with Crippen molar-refractivity contribution >= 4 is 74.9 Å². The van der Waals surface area contributed by atoms with E-state index in [1.165, 1.54) is 19.4 Å². The fraction of sp³-hybridized carbons (Fsp3) is 0.434. The zero-order valence-electron chi connectivity index (χ0n) is 42.5. The molecule has 0 radical (unpaired) electrons. The Hall–Kier alpha value is -8.30. The van der Waals surface area contributed by atoms with Gasteiger partial charge in [-0.3, -0.25) is 43.3 Å². The van der Waals surface area contributed by atoms with Crippen molar-refractivity contribution in [2.24, 2.45) is 16.5 Å². The molecule has 0 aliphatic carbocycles. The van der Waals surface area contributed by atoms with Crippen LogP contribution in [0.5, 0.6) is 0 Å². The summed E-state index contributed by atoms with van der Waals surface area (Å²) < 4.78 is 0. The molecule has 6 atom stereocenters. The second kappa shape index (κ2) is 28.2. The summed E-state index contributed by atoms with van der Waals surface area (Å²) in [5.74, 6) is -5.26. The zero-order chi connectivity index (χ0) is 53.7. The molecule has 75 heavy (non-hydrogen) atoms. The quantitative estimate of drug-likeness (QED) is 0.0355. The van der Waals surface area contributed by atoms with Gasteiger partial charge in [0.25, 0.3) is 0 Å². The Balaban J connectivity index is 1.36. The minimum atomic E-state index is -1.39. The van der Waals surface area contributed by atoms with Gasteiger partial charge in [0.05, 0.1) is 6.33 Å². The summed E-state index contributed by atoms with van der Waals surface area (Å²) in [7, 11) is 0. The lowest BCUT2D eigenvalue weighted by Gasteiger charge is -2.28. The molecule has 3 aromatic carbocycles. The van der Waals surface area contributed by atoms with Crippen LogP contribution in [0.25, 0.3) is 21.7 Å². The number of aliphatic imine (C=N–C) groups is 1. The normalized spacial score (nSPS) is 20.2. The number of guanidine groups is 1. The Morgan fingerprint density at radius 1 is 0.760 bits per heavy atom. The van der Waals surface area contributed by atoms with Gasteiger partial charge in [-0.25, -0.2) is 4.98 Å². The van der Waals surface area contributed by atoms with Crippen LogP contribution in [0.4, 0.5) is 0 Å². The number of hydrogen-bond donors (Lipinski definition) is 12. The number of amides is 8. The second-order valence-corrected chi connectivity index (χ2v) is 18.7. The molecule has 22 nitrogen and oxygen atoms in total. The second-order valence-electron chi connectivity index (χ2n) is 18.7. The van der Waals surface area contributed by atoms with Crippen LogP contribution in [0.3, 0.4) is 0 Å². The Morgan fingerprint density at radius 2 is 1.44 bits per heavy atom. The number of carbonyl (C=O) groups is 8. The Bertz CT molecular complexity index is 2790. The number of carbonyl (C=O) groups excluding carboxylic acids is 8. The molecule has 5 aromatic rings. The molecule has 0 saturated carbocycles. The average molecular weight is 1030 g/mol. The molecule has 400 valence electrons. The Morgan fingerprint density at radius 3 is 2.17 bits per heavy atom. The van der Waals surface area contributed by atoms with Gasteiger partial charge in [-0.15, -0.1) is 0 Å². The number of nitrogens with one attached hydrogen (secondary N) is 10. The maximum absolute atomic E-state index is 14.9. The predicted octanol–water partition coefficient (Wildman–Crippen LogP) is 1.05. The molecule has 1 aliphatic rings. The van der Waals surface area contributed by atoms with Gasteiger partial charge in [0.15, 0.2) is 5.96 Å². The molecule has 1 fully saturated rings. The predicted molar refractivity (Wildman–Crippen MR) is 283 cm³/mol. The SMILES string of the molecule is CCCC[C@H](NC(C)=O)C(=O)N[C@H]1CCC(=O)NCCCNC(=O)[C@@H](CCc2c[nH]c3ccccc23)NC(=O)[C@H](CCCN=C(N)N)NC(=O)[C@@H](Cc2ccc3ccccc3c2)NC(=O)[C@H](Cc2cnc[nH]2)NC1=O. The van der Waals surface area contributed by atoms with Crippen LogP contribution in [-0.2, 0) is 57.6 Å². The van der Waals surface area contributed by atoms with Gasteiger partial charge >= 0.3 is 0 Å². The number of nitrogens with two attached hydrogens (primary N) is 2. The highest BCUT2D eigenvalue weighted by Gasteiger charge is 2.34. The van der Waals surface area contributed by atoms with Gasteiger partial charge in [-0.2, -0.15) is 0 Å². The Labute approximate surface area is 434 Å². The lowest BCUT2D eigenvalue weighted by atomic mass is 9.99. The van der Waals surface area contributed by atoms with Crippen LogP contribution >= 0.6 is 0 Å². The van der Waals surface area contributed by atoms with Gasteiger partial charge in [0, 0.05) is 74.8 Å². The molecule has 22 heteroatoms.